The van der Waals surface area contributed by atoms with Crippen LogP contribution in [0.5, 0.6) is 0 Å². The minimum Gasteiger partial charge on any atom is -0.389 e. The first-order chi connectivity index (χ1) is 7.97. The Morgan fingerprint density at radius 3 is 2.71 bits per heavy atom. The van der Waals surface area contributed by atoms with Crippen LogP contribution in [0.3, 0.4) is 0 Å². The summed E-state index contributed by atoms with van der Waals surface area (Å²) < 4.78 is 0.545. The van der Waals surface area contributed by atoms with E-state index in [0.717, 1.165) is 0 Å². The predicted octanol–water partition coefficient (Wildman–Crippen LogP) is 0.971. The number of hydrogen-bond acceptors (Lipinski definition) is 5. The molecule has 0 fully saturated rings. The zero-order valence-corrected chi connectivity index (χ0v) is 10.7. The summed E-state index contributed by atoms with van der Waals surface area (Å²) in [6.45, 7) is 0.147. The lowest BCUT2D eigenvalue weighted by atomic mass is 10.0. The number of benzene rings is 1. The van der Waals surface area contributed by atoms with Crippen LogP contribution in [0.2, 0.25) is 0 Å². The molecule has 0 bridgehead atoms. The van der Waals surface area contributed by atoms with Crippen LogP contribution in [0, 0.1) is 10.1 Å². The zero-order chi connectivity index (χ0) is 13.0. The molecule has 0 aliphatic rings. The van der Waals surface area contributed by atoms with Gasteiger partial charge in [0.2, 0.25) is 0 Å². The van der Waals surface area contributed by atoms with E-state index in [4.69, 9.17) is 0 Å². The van der Waals surface area contributed by atoms with Crippen LogP contribution in [0.25, 0.3) is 0 Å². The molecule has 0 heterocycles. The lowest BCUT2D eigenvalue weighted by Crippen LogP contribution is -2.29. The summed E-state index contributed by atoms with van der Waals surface area (Å²) >= 11 is 3.12. The van der Waals surface area contributed by atoms with Crippen molar-refractivity contribution in [1.29, 1.82) is 0 Å². The molecule has 7 heteroatoms. The van der Waals surface area contributed by atoms with Crippen molar-refractivity contribution in [3.63, 3.8) is 0 Å². The van der Waals surface area contributed by atoms with E-state index in [0.29, 0.717) is 4.47 Å². The number of halogens is 1. The molecule has 0 aliphatic carbocycles. The van der Waals surface area contributed by atoms with Crippen molar-refractivity contribution in [3.05, 3.63) is 38.3 Å². The first-order valence-corrected chi connectivity index (χ1v) is 5.71. The molecule has 17 heavy (non-hydrogen) atoms. The van der Waals surface area contributed by atoms with E-state index in [1.54, 1.807) is 13.1 Å². The fourth-order valence-electron chi connectivity index (χ4n) is 1.45. The Morgan fingerprint density at radius 1 is 1.53 bits per heavy atom. The SMILES string of the molecule is CNCC(O)C(O)c1ccc(Br)cc1[N+](=O)[O-]. The maximum Gasteiger partial charge on any atom is 0.276 e. The van der Waals surface area contributed by atoms with E-state index in [-0.39, 0.29) is 17.8 Å². The largest absolute Gasteiger partial charge is 0.389 e. The van der Waals surface area contributed by atoms with E-state index in [1.165, 1.54) is 12.1 Å². The van der Waals surface area contributed by atoms with Crippen molar-refractivity contribution in [2.24, 2.45) is 0 Å². The van der Waals surface area contributed by atoms with Gasteiger partial charge in [0.1, 0.15) is 6.10 Å². The van der Waals surface area contributed by atoms with Crippen LogP contribution in [-0.2, 0) is 0 Å². The number of likely N-dealkylation sites (N-methyl/N-ethyl adjacent to an activating group) is 1. The van der Waals surface area contributed by atoms with Crippen LogP contribution in [-0.4, -0.2) is 34.8 Å². The minimum absolute atomic E-state index is 0.0981. The Morgan fingerprint density at radius 2 is 2.18 bits per heavy atom. The molecule has 1 rings (SSSR count). The summed E-state index contributed by atoms with van der Waals surface area (Å²) in [7, 11) is 1.62. The highest BCUT2D eigenvalue weighted by atomic mass is 79.9. The van der Waals surface area contributed by atoms with Gasteiger partial charge in [-0.15, -0.1) is 0 Å². The molecule has 0 spiro atoms. The monoisotopic (exact) mass is 304 g/mol. The number of aliphatic hydroxyl groups excluding tert-OH is 2. The molecule has 0 saturated heterocycles. The van der Waals surface area contributed by atoms with Gasteiger partial charge >= 0.3 is 0 Å². The first kappa shape index (κ1) is 14.0. The van der Waals surface area contributed by atoms with E-state index in [1.807, 2.05) is 0 Å². The second kappa shape index (κ2) is 6.06. The fourth-order valence-corrected chi connectivity index (χ4v) is 1.80. The summed E-state index contributed by atoms with van der Waals surface area (Å²) in [6.07, 6.45) is -2.39. The Balaban J connectivity index is 3.08. The van der Waals surface area contributed by atoms with Gasteiger partial charge in [0.15, 0.2) is 0 Å². The van der Waals surface area contributed by atoms with E-state index in [2.05, 4.69) is 21.2 Å². The summed E-state index contributed by atoms with van der Waals surface area (Å²) in [5.74, 6) is 0. The molecule has 6 nitrogen and oxygen atoms in total. The molecule has 0 amide bonds. The van der Waals surface area contributed by atoms with Crippen LogP contribution < -0.4 is 5.32 Å². The molecule has 3 N–H and O–H groups in total. The molecular weight excluding hydrogens is 292 g/mol. The number of nitro benzene ring substituents is 1. The first-order valence-electron chi connectivity index (χ1n) is 4.92. The van der Waals surface area contributed by atoms with E-state index in [9.17, 15) is 20.3 Å². The summed E-state index contributed by atoms with van der Waals surface area (Å²) in [4.78, 5) is 10.2. The highest BCUT2D eigenvalue weighted by Gasteiger charge is 2.25. The molecular formula is C10H13BrN2O4. The smallest absolute Gasteiger partial charge is 0.276 e. The topological polar surface area (TPSA) is 95.6 Å². The molecule has 94 valence electrons. The van der Waals surface area contributed by atoms with Gasteiger partial charge in [-0.1, -0.05) is 15.9 Å². The van der Waals surface area contributed by atoms with Gasteiger partial charge in [0.25, 0.3) is 5.69 Å². The highest BCUT2D eigenvalue weighted by Crippen LogP contribution is 2.29. The third kappa shape index (κ3) is 3.47. The van der Waals surface area contributed by atoms with Gasteiger partial charge in [0, 0.05) is 17.1 Å². The highest BCUT2D eigenvalue weighted by molar-refractivity contribution is 9.10. The number of nitrogens with one attached hydrogen (secondary N) is 1. The van der Waals surface area contributed by atoms with Crippen LogP contribution in [0.15, 0.2) is 22.7 Å². The molecule has 2 unspecified atom stereocenters. The van der Waals surface area contributed by atoms with Gasteiger partial charge < -0.3 is 15.5 Å². The Kier molecular flexibility index (Phi) is 5.01. The van der Waals surface area contributed by atoms with Crippen LogP contribution in [0.1, 0.15) is 11.7 Å². The lowest BCUT2D eigenvalue weighted by molar-refractivity contribution is -0.386. The van der Waals surface area contributed by atoms with Crippen molar-refractivity contribution < 1.29 is 15.1 Å². The Labute approximate surface area is 107 Å². The fraction of sp³-hybridized carbons (Fsp3) is 0.400. The van der Waals surface area contributed by atoms with Crippen LogP contribution >= 0.6 is 15.9 Å². The average molecular weight is 305 g/mol. The van der Waals surface area contributed by atoms with Crippen molar-refractivity contribution in [2.75, 3.05) is 13.6 Å². The third-order valence-electron chi connectivity index (χ3n) is 2.29. The predicted molar refractivity (Wildman–Crippen MR) is 65.7 cm³/mol. The number of hydrogen-bond donors (Lipinski definition) is 3. The number of aliphatic hydroxyl groups is 2. The molecule has 0 aromatic heterocycles. The van der Waals surface area contributed by atoms with Gasteiger partial charge in [0.05, 0.1) is 16.6 Å². The summed E-state index contributed by atoms with van der Waals surface area (Å²) in [5.41, 5.74) is -0.122. The minimum atomic E-state index is -1.30. The van der Waals surface area contributed by atoms with Crippen molar-refractivity contribution in [2.45, 2.75) is 12.2 Å². The second-order valence-corrected chi connectivity index (χ2v) is 4.45. The molecule has 1 aromatic carbocycles. The van der Waals surface area contributed by atoms with Gasteiger partial charge in [-0.3, -0.25) is 10.1 Å². The van der Waals surface area contributed by atoms with E-state index >= 15 is 0 Å². The van der Waals surface area contributed by atoms with Gasteiger partial charge in [-0.25, -0.2) is 0 Å². The Bertz CT molecular complexity index is 413. The lowest BCUT2D eigenvalue weighted by Gasteiger charge is -2.17. The zero-order valence-electron chi connectivity index (χ0n) is 9.13. The maximum absolute atomic E-state index is 10.8. The molecule has 1 aromatic rings. The number of nitro groups is 1. The third-order valence-corrected chi connectivity index (χ3v) is 2.78. The average Bonchev–Trinajstić information content (AvgIpc) is 2.28. The van der Waals surface area contributed by atoms with Crippen molar-refractivity contribution >= 4 is 21.6 Å². The van der Waals surface area contributed by atoms with E-state index < -0.39 is 17.1 Å². The maximum atomic E-state index is 10.8. The van der Waals surface area contributed by atoms with Crippen molar-refractivity contribution in [1.82, 2.24) is 5.32 Å². The molecule has 0 saturated carbocycles. The van der Waals surface area contributed by atoms with Gasteiger partial charge in [-0.05, 0) is 19.2 Å². The standard InChI is InChI=1S/C10H13BrN2O4/c1-12-5-9(14)10(15)7-3-2-6(11)4-8(7)13(16)17/h2-4,9-10,12,14-15H,5H2,1H3. The Hall–Kier alpha value is -1.02. The quantitative estimate of drug-likeness (QED) is 0.556. The molecule has 0 aliphatic heterocycles. The van der Waals surface area contributed by atoms with Crippen LogP contribution in [0.4, 0.5) is 5.69 Å². The molecule has 0 radical (unpaired) electrons. The number of rotatable bonds is 5. The van der Waals surface area contributed by atoms with Gasteiger partial charge in [-0.2, -0.15) is 0 Å². The molecule has 2 atom stereocenters. The second-order valence-electron chi connectivity index (χ2n) is 3.53. The normalized spacial score (nSPS) is 14.4. The summed E-state index contributed by atoms with van der Waals surface area (Å²) in [6, 6.07) is 4.30. The number of nitrogens with zero attached hydrogens (tertiary/aromatic N) is 1. The van der Waals surface area contributed by atoms with Crippen molar-refractivity contribution in [3.8, 4) is 0 Å². The summed E-state index contributed by atoms with van der Waals surface area (Å²) in [5, 5.41) is 33.0.